The molecule has 0 aliphatic carbocycles. The molecule has 1 fully saturated rings. The quantitative estimate of drug-likeness (QED) is 0.439. The fourth-order valence-electron chi connectivity index (χ4n) is 4.26. The van der Waals surface area contributed by atoms with Crippen LogP contribution in [0.2, 0.25) is 0 Å². The van der Waals surface area contributed by atoms with E-state index in [2.05, 4.69) is 65.3 Å². The minimum absolute atomic E-state index is 0.535. The summed E-state index contributed by atoms with van der Waals surface area (Å²) in [6.45, 7) is 4.12. The average molecular weight is 437 g/mol. The van der Waals surface area contributed by atoms with Gasteiger partial charge in [0, 0.05) is 61.1 Å². The second-order valence-corrected chi connectivity index (χ2v) is 8.39. The highest BCUT2D eigenvalue weighted by atomic mass is 15.3. The van der Waals surface area contributed by atoms with Gasteiger partial charge in [-0.3, -0.25) is 4.98 Å². The summed E-state index contributed by atoms with van der Waals surface area (Å²) in [5.41, 5.74) is 4.81. The molecule has 33 heavy (non-hydrogen) atoms. The van der Waals surface area contributed by atoms with Gasteiger partial charge >= 0.3 is 0 Å². The number of rotatable bonds is 4. The third-order valence-electron chi connectivity index (χ3n) is 6.18. The molecule has 6 rings (SSSR count). The van der Waals surface area contributed by atoms with Gasteiger partial charge in [-0.15, -0.1) is 0 Å². The van der Waals surface area contributed by atoms with Crippen molar-refractivity contribution in [3.05, 3.63) is 67.3 Å². The van der Waals surface area contributed by atoms with Crippen molar-refractivity contribution < 1.29 is 0 Å². The number of pyridine rings is 2. The molecule has 8 heteroatoms. The van der Waals surface area contributed by atoms with Crippen LogP contribution in [0.4, 0.5) is 17.5 Å². The molecule has 1 saturated heterocycles. The zero-order valence-corrected chi connectivity index (χ0v) is 18.4. The van der Waals surface area contributed by atoms with Gasteiger partial charge in [0.15, 0.2) is 0 Å². The van der Waals surface area contributed by atoms with Gasteiger partial charge in [0.25, 0.3) is 0 Å². The molecular formula is C25H24N8. The molecular weight excluding hydrogens is 412 g/mol. The highest BCUT2D eigenvalue weighted by Crippen LogP contribution is 2.30. The minimum Gasteiger partial charge on any atom is -0.354 e. The van der Waals surface area contributed by atoms with Gasteiger partial charge in [0.1, 0.15) is 11.5 Å². The Morgan fingerprint density at radius 1 is 0.939 bits per heavy atom. The Labute approximate surface area is 191 Å². The van der Waals surface area contributed by atoms with Crippen LogP contribution in [-0.4, -0.2) is 63.0 Å². The highest BCUT2D eigenvalue weighted by Gasteiger charge is 2.15. The molecule has 0 radical (unpaired) electrons. The number of aromatic amines is 1. The Hall–Kier alpha value is -4.04. The Morgan fingerprint density at radius 2 is 1.85 bits per heavy atom. The second-order valence-electron chi connectivity index (χ2n) is 8.39. The Balaban J connectivity index is 1.22. The van der Waals surface area contributed by atoms with Crippen molar-refractivity contribution in [1.29, 1.82) is 0 Å². The Bertz CT molecular complexity index is 1420. The highest BCUT2D eigenvalue weighted by molar-refractivity contribution is 5.96. The molecule has 164 valence electrons. The molecule has 0 atom stereocenters. The minimum atomic E-state index is 0.535. The molecule has 1 aliphatic rings. The van der Waals surface area contributed by atoms with Crippen LogP contribution in [0.15, 0.2) is 67.3 Å². The average Bonchev–Trinajstić information content (AvgIpc) is 3.28. The summed E-state index contributed by atoms with van der Waals surface area (Å²) in [6, 6.07) is 14.4. The zero-order valence-electron chi connectivity index (χ0n) is 18.4. The summed E-state index contributed by atoms with van der Waals surface area (Å²) < 4.78 is 0. The lowest BCUT2D eigenvalue weighted by molar-refractivity contribution is 0.312. The molecule has 5 aromatic rings. The topological polar surface area (TPSA) is 85.9 Å². The summed E-state index contributed by atoms with van der Waals surface area (Å²) >= 11 is 0. The molecule has 5 heterocycles. The summed E-state index contributed by atoms with van der Waals surface area (Å²) in [7, 11) is 2.15. The summed E-state index contributed by atoms with van der Waals surface area (Å²) in [6.07, 6.45) is 7.49. The van der Waals surface area contributed by atoms with Crippen LogP contribution in [0.25, 0.3) is 33.1 Å². The van der Waals surface area contributed by atoms with Crippen molar-refractivity contribution in [1.82, 2.24) is 29.8 Å². The summed E-state index contributed by atoms with van der Waals surface area (Å²) in [5.74, 6) is 1.54. The van der Waals surface area contributed by atoms with Crippen molar-refractivity contribution in [2.45, 2.75) is 0 Å². The van der Waals surface area contributed by atoms with E-state index in [-0.39, 0.29) is 0 Å². The first-order valence-electron chi connectivity index (χ1n) is 11.1. The molecule has 1 aliphatic heterocycles. The number of benzene rings is 1. The number of hydrogen-bond acceptors (Lipinski definition) is 7. The second kappa shape index (κ2) is 8.14. The van der Waals surface area contributed by atoms with Crippen LogP contribution in [0, 0.1) is 0 Å². The van der Waals surface area contributed by atoms with Crippen molar-refractivity contribution >= 4 is 39.4 Å². The lowest BCUT2D eigenvalue weighted by Crippen LogP contribution is -2.44. The lowest BCUT2D eigenvalue weighted by Gasteiger charge is -2.33. The van der Waals surface area contributed by atoms with E-state index in [1.54, 1.807) is 0 Å². The van der Waals surface area contributed by atoms with Crippen LogP contribution in [0.1, 0.15) is 0 Å². The van der Waals surface area contributed by atoms with Gasteiger partial charge in [-0.05, 0) is 42.9 Å². The number of hydrogen-bond donors (Lipinski definition) is 2. The largest absolute Gasteiger partial charge is 0.354 e. The van der Waals surface area contributed by atoms with Gasteiger partial charge in [0.05, 0.1) is 17.4 Å². The number of H-pyrrole nitrogens is 1. The molecule has 0 amide bonds. The van der Waals surface area contributed by atoms with Crippen LogP contribution in [0.3, 0.4) is 0 Å². The maximum atomic E-state index is 4.67. The number of anilines is 3. The number of nitrogens with one attached hydrogen (secondary N) is 2. The van der Waals surface area contributed by atoms with Gasteiger partial charge in [-0.1, -0.05) is 12.1 Å². The van der Waals surface area contributed by atoms with Crippen molar-refractivity contribution in [2.75, 3.05) is 43.4 Å². The van der Waals surface area contributed by atoms with Gasteiger partial charge in [-0.2, -0.15) is 4.98 Å². The van der Waals surface area contributed by atoms with Gasteiger partial charge < -0.3 is 20.1 Å². The van der Waals surface area contributed by atoms with Crippen molar-refractivity contribution in [3.8, 4) is 11.1 Å². The molecule has 2 N–H and O–H groups in total. The monoisotopic (exact) mass is 436 g/mol. The number of fused-ring (bicyclic) bond motifs is 2. The fraction of sp³-hybridized carbons (Fsp3) is 0.200. The van der Waals surface area contributed by atoms with Crippen molar-refractivity contribution in [2.24, 2.45) is 0 Å². The maximum Gasteiger partial charge on any atom is 0.229 e. The van der Waals surface area contributed by atoms with E-state index >= 15 is 0 Å². The number of likely N-dealkylation sites (N-methyl/N-ethyl adjacent to an activating group) is 1. The van der Waals surface area contributed by atoms with Gasteiger partial charge in [0.2, 0.25) is 5.95 Å². The maximum absolute atomic E-state index is 4.67. The smallest absolute Gasteiger partial charge is 0.229 e. The lowest BCUT2D eigenvalue weighted by atomic mass is 10.0. The van der Waals surface area contributed by atoms with Crippen LogP contribution < -0.4 is 10.2 Å². The Kier molecular flexibility index (Phi) is 4.84. The SMILES string of the molecule is CN1CCN(c2ccc(Nc3ncc4c(-c5ccc6ncccc6c5)c[nH]c4n3)cn2)CC1. The van der Waals surface area contributed by atoms with Crippen LogP contribution in [-0.2, 0) is 0 Å². The first kappa shape index (κ1) is 19.6. The molecule has 0 bridgehead atoms. The van der Waals surface area contributed by atoms with Crippen LogP contribution in [0.5, 0.6) is 0 Å². The van der Waals surface area contributed by atoms with E-state index in [4.69, 9.17) is 0 Å². The van der Waals surface area contributed by atoms with E-state index in [9.17, 15) is 0 Å². The van der Waals surface area contributed by atoms with E-state index < -0.39 is 0 Å². The Morgan fingerprint density at radius 3 is 2.70 bits per heavy atom. The van der Waals surface area contributed by atoms with E-state index in [1.165, 1.54) is 0 Å². The fourth-order valence-corrected chi connectivity index (χ4v) is 4.26. The molecule has 4 aromatic heterocycles. The van der Waals surface area contributed by atoms with E-state index in [1.807, 2.05) is 49.1 Å². The molecule has 8 nitrogen and oxygen atoms in total. The molecule has 0 saturated carbocycles. The summed E-state index contributed by atoms with van der Waals surface area (Å²) in [5, 5.41) is 5.35. The molecule has 1 aromatic carbocycles. The van der Waals surface area contributed by atoms with Crippen LogP contribution >= 0.6 is 0 Å². The van der Waals surface area contributed by atoms with E-state index in [0.29, 0.717) is 5.95 Å². The zero-order chi connectivity index (χ0) is 22.2. The third-order valence-corrected chi connectivity index (χ3v) is 6.18. The summed E-state index contributed by atoms with van der Waals surface area (Å²) in [4.78, 5) is 26.2. The number of aromatic nitrogens is 5. The first-order valence-corrected chi connectivity index (χ1v) is 11.1. The van der Waals surface area contributed by atoms with E-state index in [0.717, 1.165) is 70.7 Å². The van der Waals surface area contributed by atoms with Gasteiger partial charge in [-0.25, -0.2) is 9.97 Å². The predicted molar refractivity (Wildman–Crippen MR) is 132 cm³/mol. The van der Waals surface area contributed by atoms with Crippen molar-refractivity contribution in [3.63, 3.8) is 0 Å². The standard InChI is InChI=1S/C25H24N8/c1-32-9-11-33(12-10-32)23-7-5-19(14-27-23)30-25-29-16-21-20(15-28-24(21)31-25)17-4-6-22-18(13-17)3-2-8-26-22/h2-8,13-16H,9-12H2,1H3,(H2,28,29,30,31). The molecule has 0 spiro atoms. The number of piperazine rings is 1. The number of nitrogens with zero attached hydrogens (tertiary/aromatic N) is 6. The third kappa shape index (κ3) is 3.85. The normalized spacial score (nSPS) is 14.8. The first-order chi connectivity index (χ1) is 16.2. The molecule has 0 unspecified atom stereocenters. The predicted octanol–water partition coefficient (Wildman–Crippen LogP) is 4.06.